The first kappa shape index (κ1) is 25.0. The third-order valence-electron chi connectivity index (χ3n) is 12.8. The van der Waals surface area contributed by atoms with Gasteiger partial charge in [0.15, 0.2) is 0 Å². The minimum atomic E-state index is 0.107. The van der Waals surface area contributed by atoms with Gasteiger partial charge in [0, 0.05) is 33.5 Å². The zero-order valence-corrected chi connectivity index (χ0v) is 24.9. The van der Waals surface area contributed by atoms with Crippen LogP contribution in [0.15, 0.2) is 54.2 Å². The zero-order valence-electron chi connectivity index (χ0n) is 24.2. The highest BCUT2D eigenvalue weighted by Crippen LogP contribution is 2.74. The second-order valence-corrected chi connectivity index (χ2v) is 15.1. The third-order valence-corrected chi connectivity index (χ3v) is 13.1. The summed E-state index contributed by atoms with van der Waals surface area (Å²) >= 11 is 6.38. The van der Waals surface area contributed by atoms with Gasteiger partial charge in [-0.1, -0.05) is 88.6 Å². The molecule has 1 nitrogen and oxygen atoms in total. The highest BCUT2D eigenvalue weighted by Gasteiger charge is 2.65. The van der Waals surface area contributed by atoms with Crippen molar-refractivity contribution in [1.82, 2.24) is 4.98 Å². The predicted octanol–water partition coefficient (Wildman–Crippen LogP) is 10.5. The maximum Gasteiger partial charge on any atom is 0.0472 e. The van der Waals surface area contributed by atoms with Crippen molar-refractivity contribution in [1.29, 1.82) is 0 Å². The summed E-state index contributed by atoms with van der Waals surface area (Å²) in [7, 11) is 0. The van der Waals surface area contributed by atoms with Crippen molar-refractivity contribution in [2.24, 2.45) is 28.1 Å². The minimum Gasteiger partial charge on any atom is -0.361 e. The summed E-state index contributed by atoms with van der Waals surface area (Å²) in [6, 6.07) is 13.4. The molecule has 3 aromatic rings. The summed E-state index contributed by atoms with van der Waals surface area (Å²) in [4.78, 5) is 3.56. The molecule has 0 spiro atoms. The van der Waals surface area contributed by atoms with E-state index in [1.54, 1.807) is 11.1 Å². The summed E-state index contributed by atoms with van der Waals surface area (Å²) in [5, 5.41) is 2.09. The number of aryl methyl sites for hydroxylation is 1. The Bertz CT molecular complexity index is 1480. The zero-order chi connectivity index (χ0) is 26.7. The van der Waals surface area contributed by atoms with Gasteiger partial charge in [0.2, 0.25) is 0 Å². The summed E-state index contributed by atoms with van der Waals surface area (Å²) in [6.07, 6.45) is 14.6. The molecule has 1 N–H and O–H groups in total. The maximum absolute atomic E-state index is 6.38. The molecule has 4 aliphatic rings. The molecule has 0 saturated heterocycles. The van der Waals surface area contributed by atoms with Gasteiger partial charge in [-0.25, -0.2) is 0 Å². The highest BCUT2D eigenvalue weighted by atomic mass is 35.5. The molecule has 3 saturated carbocycles. The van der Waals surface area contributed by atoms with Crippen molar-refractivity contribution in [3.8, 4) is 0 Å². The largest absolute Gasteiger partial charge is 0.361 e. The van der Waals surface area contributed by atoms with Gasteiger partial charge in [-0.15, -0.1) is 0 Å². The van der Waals surface area contributed by atoms with E-state index < -0.39 is 0 Å². The molecule has 2 aromatic carbocycles. The Morgan fingerprint density at radius 2 is 1.76 bits per heavy atom. The number of aromatic amines is 1. The number of nitrogens with one attached hydrogen (secondary N) is 1. The molecule has 0 bridgehead atoms. The molecule has 7 rings (SSSR count). The van der Waals surface area contributed by atoms with Crippen LogP contribution >= 0.6 is 11.6 Å². The standard InChI is InChI=1S/C36H44ClN/c1-22-12-13-33(3)14-16-36(6)31-20-26(27-21-38-29-19-24(37)10-11-25(27)29)32-23(2)8-7-9-28(32)34(31,4)15-17-35(36,5)30(33)18-22/h7-11,19-22,26,30,38H,12-18H2,1-6H3/t22?,26?,30?,33?,34?,35-,36?/m0/s1. The first-order valence-corrected chi connectivity index (χ1v) is 15.5. The van der Waals surface area contributed by atoms with E-state index >= 15 is 0 Å². The molecular formula is C36H44ClN. The van der Waals surface area contributed by atoms with Crippen molar-refractivity contribution in [2.45, 2.75) is 97.8 Å². The smallest absolute Gasteiger partial charge is 0.0472 e. The van der Waals surface area contributed by atoms with Crippen molar-refractivity contribution in [3.63, 3.8) is 0 Å². The molecule has 2 heteroatoms. The van der Waals surface area contributed by atoms with Crippen LogP contribution in [-0.2, 0) is 5.41 Å². The Morgan fingerprint density at radius 1 is 0.947 bits per heavy atom. The Balaban J connectivity index is 1.45. The molecule has 0 amide bonds. The molecule has 200 valence electrons. The quantitative estimate of drug-likeness (QED) is 0.304. The van der Waals surface area contributed by atoms with Crippen LogP contribution in [0, 0.1) is 35.0 Å². The van der Waals surface area contributed by atoms with E-state index in [2.05, 4.69) is 89.1 Å². The summed E-state index contributed by atoms with van der Waals surface area (Å²) in [5.41, 5.74) is 9.99. The van der Waals surface area contributed by atoms with E-state index in [4.69, 9.17) is 11.6 Å². The van der Waals surface area contributed by atoms with Crippen molar-refractivity contribution < 1.29 is 0 Å². The number of rotatable bonds is 1. The van der Waals surface area contributed by atoms with Crippen LogP contribution < -0.4 is 0 Å². The Morgan fingerprint density at radius 3 is 2.58 bits per heavy atom. The monoisotopic (exact) mass is 525 g/mol. The van der Waals surface area contributed by atoms with Crippen LogP contribution in [0.2, 0.25) is 5.02 Å². The van der Waals surface area contributed by atoms with Gasteiger partial charge in [-0.2, -0.15) is 0 Å². The normalized spacial score (nSPS) is 40.1. The van der Waals surface area contributed by atoms with Gasteiger partial charge < -0.3 is 4.98 Å². The SMILES string of the molecule is Cc1cccc2c1C(c1c[nH]c3cc(Cl)ccc13)C=C1C2(C)CC[C@@]2(C)C3CC(C)CCC3(C)CCC12C. The van der Waals surface area contributed by atoms with E-state index in [1.807, 2.05) is 6.07 Å². The summed E-state index contributed by atoms with van der Waals surface area (Å²) in [5.74, 6) is 1.94. The molecule has 0 radical (unpaired) electrons. The number of hydrogen-bond acceptors (Lipinski definition) is 0. The molecule has 7 atom stereocenters. The van der Waals surface area contributed by atoms with Crippen LogP contribution in [0.3, 0.4) is 0 Å². The molecule has 1 aromatic heterocycles. The van der Waals surface area contributed by atoms with E-state index in [9.17, 15) is 0 Å². The Kier molecular flexibility index (Phi) is 5.29. The van der Waals surface area contributed by atoms with Crippen LogP contribution in [0.5, 0.6) is 0 Å². The van der Waals surface area contributed by atoms with E-state index in [1.165, 1.54) is 67.0 Å². The molecule has 1 heterocycles. The second-order valence-electron chi connectivity index (χ2n) is 14.7. The van der Waals surface area contributed by atoms with Crippen LogP contribution in [0.1, 0.15) is 108 Å². The van der Waals surface area contributed by atoms with Gasteiger partial charge in [-0.3, -0.25) is 0 Å². The number of hydrogen-bond donors (Lipinski definition) is 1. The van der Waals surface area contributed by atoms with Gasteiger partial charge in [0.05, 0.1) is 0 Å². The lowest BCUT2D eigenvalue weighted by atomic mass is 9.35. The summed E-state index contributed by atoms with van der Waals surface area (Å²) < 4.78 is 0. The first-order chi connectivity index (χ1) is 18.0. The second kappa shape index (κ2) is 8.03. The maximum atomic E-state index is 6.38. The molecule has 4 aliphatic carbocycles. The minimum absolute atomic E-state index is 0.107. The fourth-order valence-electron chi connectivity index (χ4n) is 10.3. The lowest BCUT2D eigenvalue weighted by molar-refractivity contribution is -0.145. The van der Waals surface area contributed by atoms with Gasteiger partial charge in [0.1, 0.15) is 0 Å². The number of halogens is 1. The fourth-order valence-corrected chi connectivity index (χ4v) is 10.5. The molecule has 3 fully saturated rings. The van der Waals surface area contributed by atoms with Crippen LogP contribution in [0.4, 0.5) is 0 Å². The lowest BCUT2D eigenvalue weighted by Gasteiger charge is -2.69. The third kappa shape index (κ3) is 3.12. The number of H-pyrrole nitrogens is 1. The molecular weight excluding hydrogens is 482 g/mol. The average molecular weight is 526 g/mol. The highest BCUT2D eigenvalue weighted by molar-refractivity contribution is 6.31. The first-order valence-electron chi connectivity index (χ1n) is 15.1. The lowest BCUT2D eigenvalue weighted by Crippen LogP contribution is -2.61. The molecule has 6 unspecified atom stereocenters. The van der Waals surface area contributed by atoms with Crippen molar-refractivity contribution in [2.75, 3.05) is 0 Å². The Hall–Kier alpha value is -1.99. The molecule has 38 heavy (non-hydrogen) atoms. The topological polar surface area (TPSA) is 15.8 Å². The van der Waals surface area contributed by atoms with E-state index in [0.29, 0.717) is 10.8 Å². The van der Waals surface area contributed by atoms with E-state index in [0.717, 1.165) is 22.4 Å². The number of aromatic nitrogens is 1. The fraction of sp³-hybridized carbons (Fsp3) is 0.556. The summed E-state index contributed by atoms with van der Waals surface area (Å²) in [6.45, 7) is 15.5. The number of benzene rings is 2. The van der Waals surface area contributed by atoms with Gasteiger partial charge in [-0.05, 0) is 108 Å². The van der Waals surface area contributed by atoms with Gasteiger partial charge >= 0.3 is 0 Å². The van der Waals surface area contributed by atoms with Crippen LogP contribution in [0.25, 0.3) is 10.9 Å². The predicted molar refractivity (Wildman–Crippen MR) is 161 cm³/mol. The van der Waals surface area contributed by atoms with Crippen molar-refractivity contribution >= 4 is 22.5 Å². The number of allylic oxidation sites excluding steroid dienone is 2. The van der Waals surface area contributed by atoms with Crippen LogP contribution in [-0.4, -0.2) is 4.98 Å². The Labute approximate surface area is 234 Å². The van der Waals surface area contributed by atoms with E-state index in [-0.39, 0.29) is 16.7 Å². The van der Waals surface area contributed by atoms with Gasteiger partial charge in [0.25, 0.3) is 0 Å². The molecule has 0 aliphatic heterocycles. The number of fused-ring (bicyclic) bond motifs is 8. The average Bonchev–Trinajstić information content (AvgIpc) is 3.30. The van der Waals surface area contributed by atoms with Crippen molar-refractivity contribution in [3.05, 3.63) is 81.5 Å².